The molecule has 5 heteroatoms. The van der Waals surface area contributed by atoms with Crippen LogP contribution in [0.4, 0.5) is 0 Å². The fourth-order valence-corrected chi connectivity index (χ4v) is 2.45. The van der Waals surface area contributed by atoms with Crippen LogP contribution in [0.5, 0.6) is 0 Å². The third kappa shape index (κ3) is 4.82. The predicted octanol–water partition coefficient (Wildman–Crippen LogP) is 1.32. The molecular formula is C14H26N2O3. The van der Waals surface area contributed by atoms with Crippen molar-refractivity contribution in [1.82, 2.24) is 10.2 Å². The zero-order valence-corrected chi connectivity index (χ0v) is 12.3. The molecule has 0 aromatic carbocycles. The maximum atomic E-state index is 12.4. The lowest BCUT2D eigenvalue weighted by atomic mass is 10.1. The highest BCUT2D eigenvalue weighted by Gasteiger charge is 2.32. The van der Waals surface area contributed by atoms with Gasteiger partial charge in [-0.15, -0.1) is 0 Å². The van der Waals surface area contributed by atoms with Crippen molar-refractivity contribution in [3.8, 4) is 0 Å². The lowest BCUT2D eigenvalue weighted by Crippen LogP contribution is -2.46. The molecule has 1 saturated heterocycles. The third-order valence-corrected chi connectivity index (χ3v) is 3.50. The summed E-state index contributed by atoms with van der Waals surface area (Å²) in [5.74, 6) is 0.0521. The van der Waals surface area contributed by atoms with Crippen LogP contribution in [0.3, 0.4) is 0 Å². The summed E-state index contributed by atoms with van der Waals surface area (Å²) in [6.07, 6.45) is 3.86. The Morgan fingerprint density at radius 3 is 2.74 bits per heavy atom. The summed E-state index contributed by atoms with van der Waals surface area (Å²) in [7, 11) is 1.68. The van der Waals surface area contributed by atoms with Gasteiger partial charge < -0.3 is 15.0 Å². The second kappa shape index (κ2) is 8.15. The quantitative estimate of drug-likeness (QED) is 0.710. The van der Waals surface area contributed by atoms with Gasteiger partial charge in [0, 0.05) is 32.7 Å². The highest BCUT2D eigenvalue weighted by Crippen LogP contribution is 2.15. The van der Waals surface area contributed by atoms with Crippen LogP contribution < -0.4 is 5.32 Å². The Hall–Kier alpha value is -1.10. The minimum absolute atomic E-state index is 0.0151. The monoisotopic (exact) mass is 270 g/mol. The number of hydrogen-bond acceptors (Lipinski definition) is 3. The normalized spacial score (nSPS) is 24.3. The molecule has 2 atom stereocenters. The van der Waals surface area contributed by atoms with Gasteiger partial charge in [-0.25, -0.2) is 0 Å². The van der Waals surface area contributed by atoms with Crippen LogP contribution >= 0.6 is 0 Å². The minimum Gasteiger partial charge on any atom is -0.385 e. The Balaban J connectivity index is 2.63. The number of nitrogens with zero attached hydrogens (tertiary/aromatic N) is 1. The average Bonchev–Trinajstić information content (AvgIpc) is 2.45. The summed E-state index contributed by atoms with van der Waals surface area (Å²) >= 11 is 0. The van der Waals surface area contributed by atoms with Crippen LogP contribution in [0.15, 0.2) is 0 Å². The molecule has 110 valence electrons. The van der Waals surface area contributed by atoms with Crippen molar-refractivity contribution < 1.29 is 14.3 Å². The Labute approximate surface area is 115 Å². The zero-order chi connectivity index (χ0) is 14.3. The number of hydrogen-bond donors (Lipinski definition) is 1. The molecule has 1 aliphatic heterocycles. The van der Waals surface area contributed by atoms with E-state index in [9.17, 15) is 9.59 Å². The molecule has 1 rings (SSSR count). The van der Waals surface area contributed by atoms with Crippen molar-refractivity contribution in [3.05, 3.63) is 0 Å². The Morgan fingerprint density at radius 1 is 1.37 bits per heavy atom. The summed E-state index contributed by atoms with van der Waals surface area (Å²) in [6.45, 7) is 5.39. The number of nitrogens with one attached hydrogen (secondary N) is 1. The molecule has 0 saturated carbocycles. The van der Waals surface area contributed by atoms with Gasteiger partial charge >= 0.3 is 0 Å². The van der Waals surface area contributed by atoms with Crippen LogP contribution in [0.2, 0.25) is 0 Å². The third-order valence-electron chi connectivity index (χ3n) is 3.50. The molecule has 0 aromatic rings. The van der Waals surface area contributed by atoms with Crippen molar-refractivity contribution in [1.29, 1.82) is 0 Å². The van der Waals surface area contributed by atoms with E-state index in [1.807, 2.05) is 18.7 Å². The van der Waals surface area contributed by atoms with Gasteiger partial charge in [0.2, 0.25) is 11.8 Å². The Kier molecular flexibility index (Phi) is 6.84. The van der Waals surface area contributed by atoms with E-state index in [2.05, 4.69) is 5.32 Å². The molecule has 1 N–H and O–H groups in total. The number of amides is 2. The molecule has 5 nitrogen and oxygen atoms in total. The topological polar surface area (TPSA) is 58.6 Å². The molecule has 0 radical (unpaired) electrons. The van der Waals surface area contributed by atoms with E-state index in [1.165, 1.54) is 0 Å². The fraction of sp³-hybridized carbons (Fsp3) is 0.857. The molecule has 0 aliphatic carbocycles. The van der Waals surface area contributed by atoms with Gasteiger partial charge in [0.15, 0.2) is 0 Å². The first-order valence-electron chi connectivity index (χ1n) is 7.19. The van der Waals surface area contributed by atoms with Gasteiger partial charge in [-0.1, -0.05) is 13.3 Å². The number of ether oxygens (including phenoxy) is 1. The first-order valence-corrected chi connectivity index (χ1v) is 7.19. The van der Waals surface area contributed by atoms with Crippen LogP contribution in [0, 0.1) is 0 Å². The highest BCUT2D eigenvalue weighted by molar-refractivity contribution is 5.90. The molecule has 2 unspecified atom stereocenters. The molecule has 1 heterocycles. The fourth-order valence-electron chi connectivity index (χ4n) is 2.45. The van der Waals surface area contributed by atoms with Gasteiger partial charge in [-0.3, -0.25) is 9.59 Å². The van der Waals surface area contributed by atoms with Crippen molar-refractivity contribution in [2.24, 2.45) is 0 Å². The first kappa shape index (κ1) is 16.0. The van der Waals surface area contributed by atoms with Crippen LogP contribution in [0.25, 0.3) is 0 Å². The largest absolute Gasteiger partial charge is 0.385 e. The summed E-state index contributed by atoms with van der Waals surface area (Å²) in [4.78, 5) is 26.0. The zero-order valence-electron chi connectivity index (χ0n) is 12.3. The van der Waals surface area contributed by atoms with E-state index >= 15 is 0 Å². The second-order valence-corrected chi connectivity index (χ2v) is 5.19. The smallest absolute Gasteiger partial charge is 0.245 e. The maximum absolute atomic E-state index is 12.4. The predicted molar refractivity (Wildman–Crippen MR) is 73.7 cm³/mol. The number of carbonyl (C=O) groups is 2. The van der Waals surface area contributed by atoms with Crippen molar-refractivity contribution in [2.75, 3.05) is 20.3 Å². The minimum atomic E-state index is -0.343. The van der Waals surface area contributed by atoms with Crippen molar-refractivity contribution in [2.45, 2.75) is 58.0 Å². The molecule has 2 amide bonds. The average molecular weight is 270 g/mol. The molecular weight excluding hydrogens is 244 g/mol. The van der Waals surface area contributed by atoms with Gasteiger partial charge in [-0.05, 0) is 26.2 Å². The van der Waals surface area contributed by atoms with E-state index in [4.69, 9.17) is 4.74 Å². The van der Waals surface area contributed by atoms with E-state index in [0.29, 0.717) is 26.0 Å². The SMILES string of the molecule is CCCC1NC(=O)CC(C)N(CCCCOC)C1=O. The van der Waals surface area contributed by atoms with Crippen molar-refractivity contribution in [3.63, 3.8) is 0 Å². The second-order valence-electron chi connectivity index (χ2n) is 5.19. The number of rotatable bonds is 7. The number of carbonyl (C=O) groups excluding carboxylic acids is 2. The lowest BCUT2D eigenvalue weighted by molar-refractivity contribution is -0.135. The number of unbranched alkanes of at least 4 members (excludes halogenated alkanes) is 1. The molecule has 0 spiro atoms. The maximum Gasteiger partial charge on any atom is 0.245 e. The van der Waals surface area contributed by atoms with Crippen molar-refractivity contribution >= 4 is 11.8 Å². The standard InChI is InChI=1S/C14H26N2O3/c1-4-7-12-14(18)16(8-5-6-9-19-3)11(2)10-13(17)15-12/h11-12H,4-10H2,1-3H3,(H,15,17). The Bertz CT molecular complexity index is 307. The molecule has 1 fully saturated rings. The molecule has 0 aromatic heterocycles. The highest BCUT2D eigenvalue weighted by atomic mass is 16.5. The lowest BCUT2D eigenvalue weighted by Gasteiger charge is -2.28. The molecule has 1 aliphatic rings. The van der Waals surface area contributed by atoms with E-state index in [1.54, 1.807) is 7.11 Å². The first-order chi connectivity index (χ1) is 9.10. The summed E-state index contributed by atoms with van der Waals surface area (Å²) in [5, 5.41) is 2.84. The molecule has 0 bridgehead atoms. The van der Waals surface area contributed by atoms with E-state index in [-0.39, 0.29) is 23.9 Å². The summed E-state index contributed by atoms with van der Waals surface area (Å²) in [6, 6.07) is -0.359. The van der Waals surface area contributed by atoms with Crippen LogP contribution in [0.1, 0.15) is 46.0 Å². The van der Waals surface area contributed by atoms with Crippen LogP contribution in [-0.4, -0.2) is 49.1 Å². The van der Waals surface area contributed by atoms with Gasteiger partial charge in [0.25, 0.3) is 0 Å². The summed E-state index contributed by atoms with van der Waals surface area (Å²) < 4.78 is 5.02. The number of methoxy groups -OCH3 is 1. The van der Waals surface area contributed by atoms with E-state index < -0.39 is 0 Å². The summed E-state index contributed by atoms with van der Waals surface area (Å²) in [5.41, 5.74) is 0. The van der Waals surface area contributed by atoms with E-state index in [0.717, 1.165) is 19.3 Å². The van der Waals surface area contributed by atoms with Gasteiger partial charge in [-0.2, -0.15) is 0 Å². The van der Waals surface area contributed by atoms with Crippen LogP contribution in [-0.2, 0) is 14.3 Å². The van der Waals surface area contributed by atoms with Gasteiger partial charge in [0.1, 0.15) is 6.04 Å². The Morgan fingerprint density at radius 2 is 2.11 bits per heavy atom. The van der Waals surface area contributed by atoms with Gasteiger partial charge in [0.05, 0.1) is 0 Å². The molecule has 19 heavy (non-hydrogen) atoms.